The molecule has 0 aromatic rings. The van der Waals surface area contributed by atoms with Crippen molar-refractivity contribution < 1.29 is 0 Å². The van der Waals surface area contributed by atoms with Gasteiger partial charge in [-0.2, -0.15) is 0 Å². The van der Waals surface area contributed by atoms with Crippen molar-refractivity contribution in [2.24, 2.45) is 17.8 Å². The average molecular weight is 124 g/mol. The highest BCUT2D eigenvalue weighted by atomic mass is 14.5. The molecule has 2 rings (SSSR count). The SMILES string of the molecule is CCC[C@@H]1CC[C@@H]2C[C@H]12. The Balaban J connectivity index is 1.84. The van der Waals surface area contributed by atoms with Crippen LogP contribution in [0.2, 0.25) is 0 Å². The molecule has 0 saturated heterocycles. The first-order valence-corrected chi connectivity index (χ1v) is 4.42. The van der Waals surface area contributed by atoms with E-state index in [4.69, 9.17) is 0 Å². The third kappa shape index (κ3) is 0.889. The van der Waals surface area contributed by atoms with E-state index in [1.54, 1.807) is 19.3 Å². The van der Waals surface area contributed by atoms with Crippen LogP contribution in [0.25, 0.3) is 0 Å². The second-order valence-electron chi connectivity index (χ2n) is 3.79. The summed E-state index contributed by atoms with van der Waals surface area (Å²) in [6.07, 6.45) is 7.64. The Morgan fingerprint density at radius 3 is 2.67 bits per heavy atom. The highest BCUT2D eigenvalue weighted by Crippen LogP contribution is 2.56. The first-order valence-electron chi connectivity index (χ1n) is 4.42. The van der Waals surface area contributed by atoms with Gasteiger partial charge in [0, 0.05) is 0 Å². The quantitative estimate of drug-likeness (QED) is 0.531. The number of fused-ring (bicyclic) bond motifs is 1. The Morgan fingerprint density at radius 2 is 2.22 bits per heavy atom. The molecule has 0 N–H and O–H groups in total. The van der Waals surface area contributed by atoms with Crippen molar-refractivity contribution in [2.75, 3.05) is 0 Å². The Hall–Kier alpha value is 0. The summed E-state index contributed by atoms with van der Waals surface area (Å²) < 4.78 is 0. The lowest BCUT2D eigenvalue weighted by atomic mass is 9.98. The minimum atomic E-state index is 1.15. The van der Waals surface area contributed by atoms with Crippen molar-refractivity contribution in [3.05, 3.63) is 0 Å². The summed E-state index contributed by atoms with van der Waals surface area (Å²) >= 11 is 0. The first-order chi connectivity index (χ1) is 4.42. The van der Waals surface area contributed by atoms with E-state index in [-0.39, 0.29) is 0 Å². The van der Waals surface area contributed by atoms with Gasteiger partial charge in [-0.05, 0) is 37.0 Å². The van der Waals surface area contributed by atoms with Gasteiger partial charge in [0.05, 0.1) is 0 Å². The Bertz CT molecular complexity index is 107. The lowest BCUT2D eigenvalue weighted by Gasteiger charge is -2.07. The molecule has 0 aliphatic heterocycles. The fourth-order valence-electron chi connectivity index (χ4n) is 2.55. The van der Waals surface area contributed by atoms with Gasteiger partial charge in [0.15, 0.2) is 0 Å². The van der Waals surface area contributed by atoms with Crippen molar-refractivity contribution in [3.8, 4) is 0 Å². The number of hydrogen-bond donors (Lipinski definition) is 0. The van der Waals surface area contributed by atoms with Crippen molar-refractivity contribution in [2.45, 2.75) is 39.0 Å². The van der Waals surface area contributed by atoms with Gasteiger partial charge in [0.1, 0.15) is 0 Å². The van der Waals surface area contributed by atoms with Crippen LogP contribution in [0.5, 0.6) is 0 Å². The largest absolute Gasteiger partial charge is 0.0654 e. The van der Waals surface area contributed by atoms with Crippen molar-refractivity contribution in [1.82, 2.24) is 0 Å². The summed E-state index contributed by atoms with van der Waals surface area (Å²) in [5.74, 6) is 3.55. The molecule has 0 heterocycles. The Kier molecular flexibility index (Phi) is 1.28. The van der Waals surface area contributed by atoms with Crippen molar-refractivity contribution in [3.63, 3.8) is 0 Å². The molecule has 2 aliphatic rings. The van der Waals surface area contributed by atoms with Crippen LogP contribution in [0.3, 0.4) is 0 Å². The van der Waals surface area contributed by atoms with Crippen LogP contribution in [0.4, 0.5) is 0 Å². The lowest BCUT2D eigenvalue weighted by molar-refractivity contribution is 0.439. The third-order valence-electron chi connectivity index (χ3n) is 3.15. The fraction of sp³-hybridized carbons (Fsp3) is 1.00. The first kappa shape index (κ1) is 5.76. The molecule has 52 valence electrons. The lowest BCUT2D eigenvalue weighted by Crippen LogP contribution is -1.96. The summed E-state index contributed by atoms with van der Waals surface area (Å²) in [6, 6.07) is 0. The summed E-state index contributed by atoms with van der Waals surface area (Å²) in [5.41, 5.74) is 0. The van der Waals surface area contributed by atoms with Gasteiger partial charge >= 0.3 is 0 Å². The van der Waals surface area contributed by atoms with Crippen LogP contribution >= 0.6 is 0 Å². The van der Waals surface area contributed by atoms with Gasteiger partial charge in [-0.1, -0.05) is 19.8 Å². The molecule has 0 aromatic heterocycles. The maximum atomic E-state index is 2.32. The van der Waals surface area contributed by atoms with E-state index in [0.717, 1.165) is 5.92 Å². The van der Waals surface area contributed by atoms with E-state index in [0.29, 0.717) is 0 Å². The zero-order valence-electron chi connectivity index (χ0n) is 6.27. The van der Waals surface area contributed by atoms with Gasteiger partial charge in [-0.15, -0.1) is 0 Å². The summed E-state index contributed by atoms with van der Waals surface area (Å²) in [5, 5.41) is 0. The summed E-state index contributed by atoms with van der Waals surface area (Å²) in [7, 11) is 0. The molecule has 0 nitrogen and oxygen atoms in total. The van der Waals surface area contributed by atoms with Crippen LogP contribution < -0.4 is 0 Å². The van der Waals surface area contributed by atoms with Crippen LogP contribution in [-0.2, 0) is 0 Å². The van der Waals surface area contributed by atoms with Crippen molar-refractivity contribution in [1.29, 1.82) is 0 Å². The van der Waals surface area contributed by atoms with Gasteiger partial charge in [-0.25, -0.2) is 0 Å². The van der Waals surface area contributed by atoms with Crippen LogP contribution in [-0.4, -0.2) is 0 Å². The smallest absolute Gasteiger partial charge is 0.0355 e. The zero-order chi connectivity index (χ0) is 6.27. The minimum absolute atomic E-state index is 1.15. The van der Waals surface area contributed by atoms with Crippen molar-refractivity contribution >= 4 is 0 Å². The van der Waals surface area contributed by atoms with Gasteiger partial charge < -0.3 is 0 Å². The topological polar surface area (TPSA) is 0 Å². The summed E-state index contributed by atoms with van der Waals surface area (Å²) in [6.45, 7) is 2.32. The molecule has 2 aliphatic carbocycles. The third-order valence-corrected chi connectivity index (χ3v) is 3.15. The maximum absolute atomic E-state index is 2.32. The predicted molar refractivity (Wildman–Crippen MR) is 39.2 cm³/mol. The van der Waals surface area contributed by atoms with E-state index in [1.165, 1.54) is 24.7 Å². The van der Waals surface area contributed by atoms with E-state index in [2.05, 4.69) is 6.92 Å². The molecule has 0 unspecified atom stereocenters. The predicted octanol–water partition coefficient (Wildman–Crippen LogP) is 2.83. The van der Waals surface area contributed by atoms with E-state index in [1.807, 2.05) is 0 Å². The molecule has 2 fully saturated rings. The number of rotatable bonds is 2. The van der Waals surface area contributed by atoms with E-state index >= 15 is 0 Å². The molecule has 9 heavy (non-hydrogen) atoms. The molecule has 2 saturated carbocycles. The maximum Gasteiger partial charge on any atom is -0.0355 e. The average Bonchev–Trinajstić information content (AvgIpc) is 2.54. The number of hydrogen-bond acceptors (Lipinski definition) is 0. The Morgan fingerprint density at radius 1 is 1.33 bits per heavy atom. The molecule has 3 atom stereocenters. The molecule has 0 aromatic carbocycles. The van der Waals surface area contributed by atoms with E-state index < -0.39 is 0 Å². The van der Waals surface area contributed by atoms with Crippen LogP contribution in [0.1, 0.15) is 39.0 Å². The highest BCUT2D eigenvalue weighted by Gasteiger charge is 2.46. The van der Waals surface area contributed by atoms with Crippen LogP contribution in [0, 0.1) is 17.8 Å². The molecule has 0 heteroatoms. The normalized spacial score (nSPS) is 47.0. The van der Waals surface area contributed by atoms with Gasteiger partial charge in [0.2, 0.25) is 0 Å². The Labute approximate surface area is 57.6 Å². The molecule has 0 radical (unpaired) electrons. The molecule has 0 amide bonds. The van der Waals surface area contributed by atoms with Gasteiger partial charge in [0.25, 0.3) is 0 Å². The molecular weight excluding hydrogens is 108 g/mol. The second-order valence-corrected chi connectivity index (χ2v) is 3.79. The van der Waals surface area contributed by atoms with Crippen LogP contribution in [0.15, 0.2) is 0 Å². The minimum Gasteiger partial charge on any atom is -0.0654 e. The summed E-state index contributed by atoms with van der Waals surface area (Å²) in [4.78, 5) is 0. The van der Waals surface area contributed by atoms with Gasteiger partial charge in [-0.3, -0.25) is 0 Å². The highest BCUT2D eigenvalue weighted by molar-refractivity contribution is 4.96. The fourth-order valence-corrected chi connectivity index (χ4v) is 2.55. The monoisotopic (exact) mass is 124 g/mol. The molecule has 0 bridgehead atoms. The van der Waals surface area contributed by atoms with E-state index in [9.17, 15) is 0 Å². The molecule has 0 spiro atoms. The molecular formula is C9H16. The second kappa shape index (κ2) is 2.00. The zero-order valence-corrected chi connectivity index (χ0v) is 6.27. The standard InChI is InChI=1S/C9H16/c1-2-3-7-4-5-8-6-9(7)8/h7-9H,2-6H2,1H3/t7-,8-,9-/m1/s1.